The zero-order valence-corrected chi connectivity index (χ0v) is 12.7. The molecule has 0 aromatic rings. The predicted octanol–water partition coefficient (Wildman–Crippen LogP) is 3.85. The Kier molecular flexibility index (Phi) is 5.60. The van der Waals surface area contributed by atoms with Crippen LogP contribution in [-0.2, 0) is 19.6 Å². The normalized spacial score (nSPS) is 14.5. The first-order valence-electron chi connectivity index (χ1n) is 6.09. The van der Waals surface area contributed by atoms with Crippen molar-refractivity contribution in [3.63, 3.8) is 0 Å². The van der Waals surface area contributed by atoms with Crippen LogP contribution in [-0.4, -0.2) is 17.0 Å². The monoisotopic (exact) mass is 248 g/mol. The van der Waals surface area contributed by atoms with Gasteiger partial charge in [-0.3, -0.25) is 0 Å². The standard InChI is InChI=1S/C13H28O4/c1-10(2)13(9,16-14-11(3,4)5)17-15-12(6,7)8/h10H,1-9H3. The van der Waals surface area contributed by atoms with Gasteiger partial charge in [0.15, 0.2) is 0 Å². The number of hydrogen-bond donors (Lipinski definition) is 0. The van der Waals surface area contributed by atoms with Crippen LogP contribution in [0.15, 0.2) is 0 Å². The lowest BCUT2D eigenvalue weighted by Crippen LogP contribution is -2.42. The summed E-state index contributed by atoms with van der Waals surface area (Å²) in [6, 6.07) is 0. The van der Waals surface area contributed by atoms with Gasteiger partial charge in [-0.1, -0.05) is 13.8 Å². The van der Waals surface area contributed by atoms with Crippen LogP contribution in [0.25, 0.3) is 0 Å². The third-order valence-corrected chi connectivity index (χ3v) is 1.96. The zero-order chi connectivity index (χ0) is 13.9. The molecular formula is C13H28O4. The minimum atomic E-state index is -0.930. The highest BCUT2D eigenvalue weighted by Gasteiger charge is 2.36. The molecule has 0 atom stereocenters. The van der Waals surface area contributed by atoms with E-state index >= 15 is 0 Å². The molecule has 0 aliphatic rings. The molecule has 17 heavy (non-hydrogen) atoms. The van der Waals surface area contributed by atoms with E-state index < -0.39 is 5.79 Å². The van der Waals surface area contributed by atoms with Gasteiger partial charge in [-0.2, -0.15) is 9.78 Å². The first-order valence-corrected chi connectivity index (χ1v) is 6.09. The van der Waals surface area contributed by atoms with Gasteiger partial charge in [-0.25, -0.2) is 9.78 Å². The molecule has 0 heterocycles. The van der Waals surface area contributed by atoms with E-state index in [1.807, 2.05) is 55.4 Å². The summed E-state index contributed by atoms with van der Waals surface area (Å²) in [7, 11) is 0. The molecular weight excluding hydrogens is 220 g/mol. The number of hydrogen-bond acceptors (Lipinski definition) is 4. The fourth-order valence-electron chi connectivity index (χ4n) is 0.622. The van der Waals surface area contributed by atoms with Crippen LogP contribution in [0.1, 0.15) is 62.3 Å². The summed E-state index contributed by atoms with van der Waals surface area (Å²) in [6.07, 6.45) is 0. The van der Waals surface area contributed by atoms with E-state index in [-0.39, 0.29) is 17.1 Å². The van der Waals surface area contributed by atoms with Gasteiger partial charge in [0.2, 0.25) is 5.79 Å². The Morgan fingerprint density at radius 3 is 1.06 bits per heavy atom. The summed E-state index contributed by atoms with van der Waals surface area (Å²) < 4.78 is 0. The topological polar surface area (TPSA) is 36.9 Å². The second kappa shape index (κ2) is 5.65. The molecule has 0 aliphatic carbocycles. The van der Waals surface area contributed by atoms with Crippen molar-refractivity contribution in [2.24, 2.45) is 5.92 Å². The molecule has 0 aromatic heterocycles. The Morgan fingerprint density at radius 1 is 0.588 bits per heavy atom. The smallest absolute Gasteiger partial charge is 0.228 e. The quantitative estimate of drug-likeness (QED) is 0.420. The maximum absolute atomic E-state index is 5.40. The van der Waals surface area contributed by atoms with Crippen molar-refractivity contribution >= 4 is 0 Å². The molecule has 0 saturated carbocycles. The molecule has 104 valence electrons. The lowest BCUT2D eigenvalue weighted by molar-refractivity contribution is -0.545. The van der Waals surface area contributed by atoms with Gasteiger partial charge in [-0.05, 0) is 48.5 Å². The maximum atomic E-state index is 5.40. The maximum Gasteiger partial charge on any atom is 0.233 e. The number of rotatable bonds is 5. The third kappa shape index (κ3) is 7.71. The van der Waals surface area contributed by atoms with Gasteiger partial charge >= 0.3 is 0 Å². The average molecular weight is 248 g/mol. The van der Waals surface area contributed by atoms with Crippen molar-refractivity contribution in [1.82, 2.24) is 0 Å². The fraction of sp³-hybridized carbons (Fsp3) is 1.00. The van der Waals surface area contributed by atoms with Crippen LogP contribution in [0.4, 0.5) is 0 Å². The van der Waals surface area contributed by atoms with Gasteiger partial charge < -0.3 is 0 Å². The summed E-state index contributed by atoms with van der Waals surface area (Å²) in [5, 5.41) is 0. The Balaban J connectivity index is 4.47. The molecule has 0 aliphatic heterocycles. The van der Waals surface area contributed by atoms with E-state index in [1.54, 1.807) is 6.92 Å². The van der Waals surface area contributed by atoms with Crippen LogP contribution in [0.2, 0.25) is 0 Å². The SMILES string of the molecule is CC(C)C(C)(OOC(C)(C)C)OOC(C)(C)C. The Bertz CT molecular complexity index is 205. The van der Waals surface area contributed by atoms with Crippen LogP contribution < -0.4 is 0 Å². The van der Waals surface area contributed by atoms with Gasteiger partial charge in [0, 0.05) is 5.92 Å². The molecule has 0 unspecified atom stereocenters. The first-order chi connectivity index (χ1) is 7.36. The van der Waals surface area contributed by atoms with Crippen molar-refractivity contribution in [1.29, 1.82) is 0 Å². The van der Waals surface area contributed by atoms with Crippen LogP contribution in [0.3, 0.4) is 0 Å². The van der Waals surface area contributed by atoms with E-state index in [0.29, 0.717) is 0 Å². The minimum absolute atomic E-state index is 0.0900. The highest BCUT2D eigenvalue weighted by molar-refractivity contribution is 4.66. The van der Waals surface area contributed by atoms with Crippen molar-refractivity contribution in [3.8, 4) is 0 Å². The van der Waals surface area contributed by atoms with Crippen LogP contribution in [0, 0.1) is 5.92 Å². The molecule has 0 aromatic carbocycles. The lowest BCUT2D eigenvalue weighted by Gasteiger charge is -2.35. The van der Waals surface area contributed by atoms with Crippen molar-refractivity contribution in [3.05, 3.63) is 0 Å². The van der Waals surface area contributed by atoms with E-state index in [1.165, 1.54) is 0 Å². The van der Waals surface area contributed by atoms with E-state index in [4.69, 9.17) is 19.6 Å². The minimum Gasteiger partial charge on any atom is -0.228 e. The molecule has 0 spiro atoms. The summed E-state index contributed by atoms with van der Waals surface area (Å²) >= 11 is 0. The molecule has 0 fully saturated rings. The molecule has 4 heteroatoms. The third-order valence-electron chi connectivity index (χ3n) is 1.96. The van der Waals surface area contributed by atoms with Gasteiger partial charge in [0.1, 0.15) is 0 Å². The highest BCUT2D eigenvalue weighted by atomic mass is 17.3. The van der Waals surface area contributed by atoms with Gasteiger partial charge in [0.25, 0.3) is 0 Å². The first kappa shape index (κ1) is 16.8. The van der Waals surface area contributed by atoms with Crippen molar-refractivity contribution in [2.75, 3.05) is 0 Å². The Morgan fingerprint density at radius 2 is 0.882 bits per heavy atom. The van der Waals surface area contributed by atoms with Crippen molar-refractivity contribution < 1.29 is 19.6 Å². The fourth-order valence-corrected chi connectivity index (χ4v) is 0.622. The van der Waals surface area contributed by atoms with E-state index in [0.717, 1.165) is 0 Å². The predicted molar refractivity (Wildman–Crippen MR) is 67.1 cm³/mol. The van der Waals surface area contributed by atoms with Crippen LogP contribution >= 0.6 is 0 Å². The molecule has 4 nitrogen and oxygen atoms in total. The molecule has 0 amide bonds. The Labute approximate surface area is 105 Å². The summed E-state index contributed by atoms with van der Waals surface area (Å²) in [5.74, 6) is -0.840. The second-order valence-corrected chi connectivity index (χ2v) is 6.73. The van der Waals surface area contributed by atoms with E-state index in [9.17, 15) is 0 Å². The molecule has 0 saturated heterocycles. The highest BCUT2D eigenvalue weighted by Crippen LogP contribution is 2.27. The van der Waals surface area contributed by atoms with Crippen LogP contribution in [0.5, 0.6) is 0 Å². The zero-order valence-electron chi connectivity index (χ0n) is 12.7. The molecule has 0 bridgehead atoms. The molecule has 0 rings (SSSR count). The van der Waals surface area contributed by atoms with Crippen molar-refractivity contribution in [2.45, 2.75) is 79.3 Å². The average Bonchev–Trinajstić information content (AvgIpc) is 2.09. The largest absolute Gasteiger partial charge is 0.233 e. The molecule has 0 N–H and O–H groups in total. The Hall–Kier alpha value is -0.160. The summed E-state index contributed by atoms with van der Waals surface area (Å²) in [6.45, 7) is 17.3. The summed E-state index contributed by atoms with van der Waals surface area (Å²) in [5.41, 5.74) is -0.775. The van der Waals surface area contributed by atoms with Gasteiger partial charge in [0.05, 0.1) is 11.2 Å². The summed E-state index contributed by atoms with van der Waals surface area (Å²) in [4.78, 5) is 21.4. The molecule has 0 radical (unpaired) electrons. The van der Waals surface area contributed by atoms with Gasteiger partial charge in [-0.15, -0.1) is 0 Å². The lowest BCUT2D eigenvalue weighted by atomic mass is 10.1. The second-order valence-electron chi connectivity index (χ2n) is 6.73. The van der Waals surface area contributed by atoms with E-state index in [2.05, 4.69) is 0 Å².